The van der Waals surface area contributed by atoms with Gasteiger partial charge in [-0.05, 0) is 24.6 Å². The molecule has 10 heavy (non-hydrogen) atoms. The molecule has 0 bridgehead atoms. The Morgan fingerprint density at radius 1 is 1.50 bits per heavy atom. The summed E-state index contributed by atoms with van der Waals surface area (Å²) in [5.41, 5.74) is 1.14. The van der Waals surface area contributed by atoms with Gasteiger partial charge in [-0.1, -0.05) is 17.7 Å². The van der Waals surface area contributed by atoms with E-state index < -0.39 is 0 Å². The molecule has 1 nitrogen and oxygen atoms in total. The van der Waals surface area contributed by atoms with Gasteiger partial charge in [0.15, 0.2) is 0 Å². The molecule has 1 aromatic rings. The van der Waals surface area contributed by atoms with E-state index in [1.54, 1.807) is 18.2 Å². The zero-order valence-electron chi connectivity index (χ0n) is 5.26. The molecule has 0 spiro atoms. The van der Waals surface area contributed by atoms with Crippen LogP contribution < -0.4 is 0 Å². The van der Waals surface area contributed by atoms with Crippen LogP contribution in [0.1, 0.15) is 11.1 Å². The lowest BCUT2D eigenvalue weighted by molar-refractivity contribution is 1.46. The Labute approximate surface area is 64.9 Å². The number of hydrogen-bond acceptors (Lipinski definition) is 1. The summed E-state index contributed by atoms with van der Waals surface area (Å²) >= 11 is 5.68. The summed E-state index contributed by atoms with van der Waals surface area (Å²) in [6.07, 6.45) is 0. The Morgan fingerprint density at radius 3 is 2.70 bits per heavy atom. The highest BCUT2D eigenvalue weighted by atomic mass is 35.5. The first kappa shape index (κ1) is 7.11. The van der Waals surface area contributed by atoms with Gasteiger partial charge in [-0.3, -0.25) is 0 Å². The molecule has 0 amide bonds. The van der Waals surface area contributed by atoms with Crippen LogP contribution in [0.15, 0.2) is 18.2 Å². The Morgan fingerprint density at radius 2 is 2.20 bits per heavy atom. The van der Waals surface area contributed by atoms with Gasteiger partial charge >= 0.3 is 0 Å². The van der Waals surface area contributed by atoms with E-state index in [-0.39, 0.29) is 0 Å². The summed E-state index contributed by atoms with van der Waals surface area (Å²) in [5.74, 6) is 0. The molecule has 49 valence electrons. The lowest BCUT2D eigenvalue weighted by Gasteiger charge is -1.96. The molecule has 0 aliphatic rings. The van der Waals surface area contributed by atoms with Gasteiger partial charge in [-0.15, -0.1) is 0 Å². The minimum atomic E-state index is 0.535. The monoisotopic (exact) mass is 150 g/mol. The van der Waals surface area contributed by atoms with Gasteiger partial charge in [0.2, 0.25) is 0 Å². The summed E-state index contributed by atoms with van der Waals surface area (Å²) < 4.78 is 0. The summed E-state index contributed by atoms with van der Waals surface area (Å²) in [6, 6.07) is 7.12. The van der Waals surface area contributed by atoms with Crippen LogP contribution >= 0.6 is 11.6 Å². The SMILES string of the molecule is [CH2]c1c(Cl)cccc1C#N. The summed E-state index contributed by atoms with van der Waals surface area (Å²) in [4.78, 5) is 0. The van der Waals surface area contributed by atoms with E-state index in [0.717, 1.165) is 0 Å². The highest BCUT2D eigenvalue weighted by molar-refractivity contribution is 6.31. The number of benzene rings is 1. The summed E-state index contributed by atoms with van der Waals surface area (Å²) in [6.45, 7) is 3.64. The molecule has 0 saturated heterocycles. The van der Waals surface area contributed by atoms with Gasteiger partial charge in [-0.25, -0.2) is 0 Å². The second-order valence-electron chi connectivity index (χ2n) is 1.88. The van der Waals surface area contributed by atoms with Crippen LogP contribution in [0.2, 0.25) is 5.02 Å². The third kappa shape index (κ3) is 1.12. The van der Waals surface area contributed by atoms with Gasteiger partial charge in [-0.2, -0.15) is 5.26 Å². The van der Waals surface area contributed by atoms with Crippen molar-refractivity contribution in [2.24, 2.45) is 0 Å². The highest BCUT2D eigenvalue weighted by Gasteiger charge is 1.98. The van der Waals surface area contributed by atoms with Crippen LogP contribution in [0.3, 0.4) is 0 Å². The molecule has 0 N–H and O–H groups in total. The van der Waals surface area contributed by atoms with Crippen LogP contribution in [0.5, 0.6) is 0 Å². The van der Waals surface area contributed by atoms with E-state index in [1.807, 2.05) is 6.07 Å². The fraction of sp³-hybridized carbons (Fsp3) is 0. The van der Waals surface area contributed by atoms with Crippen molar-refractivity contribution >= 4 is 11.6 Å². The predicted octanol–water partition coefficient (Wildman–Crippen LogP) is 2.39. The average Bonchev–Trinajstić information content (AvgIpc) is 1.95. The van der Waals surface area contributed by atoms with Crippen molar-refractivity contribution in [2.45, 2.75) is 0 Å². The maximum absolute atomic E-state index is 8.49. The molecule has 0 aromatic heterocycles. The van der Waals surface area contributed by atoms with Crippen molar-refractivity contribution in [3.8, 4) is 6.07 Å². The molecule has 0 fully saturated rings. The first-order valence-electron chi connectivity index (χ1n) is 2.76. The average molecular weight is 151 g/mol. The van der Waals surface area contributed by atoms with E-state index in [1.165, 1.54) is 0 Å². The van der Waals surface area contributed by atoms with Gasteiger partial charge < -0.3 is 0 Å². The fourth-order valence-electron chi connectivity index (χ4n) is 0.663. The molecular weight excluding hydrogens is 146 g/mol. The molecule has 0 atom stereocenters. The molecule has 0 unspecified atom stereocenters. The zero-order chi connectivity index (χ0) is 7.56. The molecule has 2 heteroatoms. The number of rotatable bonds is 0. The van der Waals surface area contributed by atoms with Crippen LogP contribution in [0, 0.1) is 18.3 Å². The lowest BCUT2D eigenvalue weighted by Crippen LogP contribution is -1.80. The van der Waals surface area contributed by atoms with Crippen LogP contribution in [0.25, 0.3) is 0 Å². The predicted molar refractivity (Wildman–Crippen MR) is 40.6 cm³/mol. The molecule has 0 aliphatic heterocycles. The van der Waals surface area contributed by atoms with Crippen molar-refractivity contribution < 1.29 is 0 Å². The Balaban J connectivity index is 3.31. The molecular formula is C8H5ClN. The Hall–Kier alpha value is -1.00. The molecule has 0 saturated carbocycles. The van der Waals surface area contributed by atoms with Gasteiger partial charge in [0.25, 0.3) is 0 Å². The van der Waals surface area contributed by atoms with E-state index in [9.17, 15) is 0 Å². The number of hydrogen-bond donors (Lipinski definition) is 0. The van der Waals surface area contributed by atoms with Gasteiger partial charge in [0.1, 0.15) is 0 Å². The van der Waals surface area contributed by atoms with Gasteiger partial charge in [0, 0.05) is 5.02 Å². The topological polar surface area (TPSA) is 23.8 Å². The highest BCUT2D eigenvalue weighted by Crippen LogP contribution is 2.17. The maximum atomic E-state index is 8.49. The largest absolute Gasteiger partial charge is 0.192 e. The van der Waals surface area contributed by atoms with Crippen LogP contribution in [-0.4, -0.2) is 0 Å². The van der Waals surface area contributed by atoms with Crippen molar-refractivity contribution in [1.82, 2.24) is 0 Å². The molecule has 1 aromatic carbocycles. The smallest absolute Gasteiger partial charge is 0.0995 e. The van der Waals surface area contributed by atoms with Crippen molar-refractivity contribution in [3.63, 3.8) is 0 Å². The Bertz CT molecular complexity index is 286. The van der Waals surface area contributed by atoms with Crippen molar-refractivity contribution in [1.29, 1.82) is 5.26 Å². The quantitative estimate of drug-likeness (QED) is 0.557. The lowest BCUT2D eigenvalue weighted by atomic mass is 10.1. The van der Waals surface area contributed by atoms with Crippen LogP contribution in [-0.2, 0) is 0 Å². The summed E-state index contributed by atoms with van der Waals surface area (Å²) in [7, 11) is 0. The summed E-state index contributed by atoms with van der Waals surface area (Å²) in [5, 5.41) is 9.04. The number of nitrogens with zero attached hydrogens (tertiary/aromatic N) is 1. The molecule has 0 aliphatic carbocycles. The fourth-order valence-corrected chi connectivity index (χ4v) is 0.838. The second kappa shape index (κ2) is 2.72. The molecule has 1 rings (SSSR count). The van der Waals surface area contributed by atoms with Gasteiger partial charge in [0.05, 0.1) is 11.6 Å². The normalized spacial score (nSPS) is 8.90. The van der Waals surface area contributed by atoms with E-state index >= 15 is 0 Å². The number of halogens is 1. The first-order valence-corrected chi connectivity index (χ1v) is 3.14. The zero-order valence-corrected chi connectivity index (χ0v) is 6.02. The third-order valence-corrected chi connectivity index (χ3v) is 1.59. The van der Waals surface area contributed by atoms with Crippen LogP contribution in [0.4, 0.5) is 0 Å². The van der Waals surface area contributed by atoms with E-state index in [0.29, 0.717) is 16.1 Å². The minimum absolute atomic E-state index is 0.535. The third-order valence-electron chi connectivity index (χ3n) is 1.24. The van der Waals surface area contributed by atoms with E-state index in [4.69, 9.17) is 16.9 Å². The second-order valence-corrected chi connectivity index (χ2v) is 2.28. The van der Waals surface area contributed by atoms with Crippen molar-refractivity contribution in [3.05, 3.63) is 41.3 Å². The maximum Gasteiger partial charge on any atom is 0.0995 e. The van der Waals surface area contributed by atoms with E-state index in [2.05, 4.69) is 6.92 Å². The Kier molecular flexibility index (Phi) is 1.94. The first-order chi connectivity index (χ1) is 4.75. The number of nitriles is 1. The molecule has 1 radical (unpaired) electrons. The molecule has 0 heterocycles. The van der Waals surface area contributed by atoms with Crippen molar-refractivity contribution in [2.75, 3.05) is 0 Å². The standard InChI is InChI=1S/C8H5ClN/c1-6-7(5-10)3-2-4-8(6)9/h2-4H,1H2. The minimum Gasteiger partial charge on any atom is -0.192 e.